The molecule has 0 saturated carbocycles. The maximum atomic E-state index is 15.3. The van der Waals surface area contributed by atoms with Crippen LogP contribution < -0.4 is 4.90 Å². The molecule has 3 aliphatic rings. The van der Waals surface area contributed by atoms with Crippen molar-refractivity contribution in [1.82, 2.24) is 9.80 Å². The summed E-state index contributed by atoms with van der Waals surface area (Å²) in [6, 6.07) is 32.0. The molecule has 3 heterocycles. The normalized spacial score (nSPS) is 24.2. The molecule has 1 N–H and O–H groups in total. The van der Waals surface area contributed by atoms with Crippen LogP contribution in [0.15, 0.2) is 128 Å². The summed E-state index contributed by atoms with van der Waals surface area (Å²) in [5.74, 6) is -1.80. The first kappa shape index (κ1) is 33.8. The second-order valence-electron chi connectivity index (χ2n) is 13.6. The van der Waals surface area contributed by atoms with Crippen LogP contribution in [0, 0.1) is 11.8 Å². The lowest BCUT2D eigenvalue weighted by Crippen LogP contribution is -2.58. The summed E-state index contributed by atoms with van der Waals surface area (Å²) < 4.78 is -0.813. The van der Waals surface area contributed by atoms with Crippen molar-refractivity contribution in [3.05, 3.63) is 140 Å². The number of carbonyl (C=O) groups excluding carboxylic acids is 3. The fourth-order valence-electron chi connectivity index (χ4n) is 8.53. The van der Waals surface area contributed by atoms with E-state index in [9.17, 15) is 9.90 Å². The Bertz CT molecular complexity index is 1900. The van der Waals surface area contributed by atoms with Gasteiger partial charge in [-0.15, -0.1) is 24.9 Å². The molecule has 7 nitrogen and oxygen atoms in total. The number of rotatable bonds is 13. The highest BCUT2D eigenvalue weighted by molar-refractivity contribution is 8.02. The number of fused-ring (bicyclic) bond motifs is 2. The van der Waals surface area contributed by atoms with Gasteiger partial charge in [0.15, 0.2) is 0 Å². The van der Waals surface area contributed by atoms with E-state index in [0.29, 0.717) is 25.9 Å². The van der Waals surface area contributed by atoms with Crippen LogP contribution in [0.1, 0.15) is 24.0 Å². The predicted octanol–water partition coefficient (Wildman–Crippen LogP) is 6.27. The first-order valence-corrected chi connectivity index (χ1v) is 18.3. The van der Waals surface area contributed by atoms with Gasteiger partial charge in [-0.3, -0.25) is 14.4 Å². The third-order valence-electron chi connectivity index (χ3n) is 10.7. The number of thioether (sulfide) groups is 1. The van der Waals surface area contributed by atoms with Gasteiger partial charge in [0.1, 0.15) is 6.04 Å². The Labute approximate surface area is 298 Å². The Hall–Kier alpha value is -4.66. The van der Waals surface area contributed by atoms with Crippen molar-refractivity contribution in [2.45, 2.75) is 47.9 Å². The van der Waals surface area contributed by atoms with Crippen LogP contribution in [0.4, 0.5) is 5.69 Å². The van der Waals surface area contributed by atoms with Crippen molar-refractivity contribution in [3.8, 4) is 0 Å². The zero-order chi connectivity index (χ0) is 34.8. The quantitative estimate of drug-likeness (QED) is 0.168. The summed E-state index contributed by atoms with van der Waals surface area (Å²) in [5, 5.41) is 12.9. The van der Waals surface area contributed by atoms with Crippen molar-refractivity contribution >= 4 is 45.9 Å². The average Bonchev–Trinajstić information content (AvgIpc) is 3.80. The molecular formula is C42H43N3O4S. The van der Waals surface area contributed by atoms with Crippen LogP contribution in [0.3, 0.4) is 0 Å². The molecule has 2 unspecified atom stereocenters. The van der Waals surface area contributed by atoms with Gasteiger partial charge in [-0.25, -0.2) is 0 Å². The first-order chi connectivity index (χ1) is 24.4. The lowest BCUT2D eigenvalue weighted by Gasteiger charge is -2.39. The Morgan fingerprint density at radius 1 is 0.880 bits per heavy atom. The third-order valence-corrected chi connectivity index (χ3v) is 12.6. The Balaban J connectivity index is 1.30. The Kier molecular flexibility index (Phi) is 9.67. The molecule has 2 bridgehead atoms. The monoisotopic (exact) mass is 685 g/mol. The van der Waals surface area contributed by atoms with E-state index in [4.69, 9.17) is 0 Å². The molecule has 7 rings (SSSR count). The number of hydrogen-bond acceptors (Lipinski definition) is 5. The van der Waals surface area contributed by atoms with Gasteiger partial charge < -0.3 is 19.8 Å². The number of aliphatic hydroxyl groups is 1. The van der Waals surface area contributed by atoms with Crippen molar-refractivity contribution in [2.75, 3.05) is 24.6 Å². The summed E-state index contributed by atoms with van der Waals surface area (Å²) in [5.41, 5.74) is 2.68. The largest absolute Gasteiger partial charge is 0.394 e. The fourth-order valence-corrected chi connectivity index (χ4v) is 10.7. The maximum absolute atomic E-state index is 15.3. The number of hydrogen-bond donors (Lipinski definition) is 1. The van der Waals surface area contributed by atoms with E-state index in [1.165, 1.54) is 0 Å². The van der Waals surface area contributed by atoms with Crippen molar-refractivity contribution in [2.24, 2.45) is 11.8 Å². The SMILES string of the molecule is C=CCN(Cc1ccccc1)C(=O)[C@@H]1[C@@H]2CCC3(S2)C(C(=O)N(CC=C)c2ccc4ccccc4c2)N([C@@H](CO)Cc2ccccc2)C(=O)[C@H]13. The number of benzene rings is 4. The molecule has 0 radical (unpaired) electrons. The highest BCUT2D eigenvalue weighted by Gasteiger charge is 2.74. The summed E-state index contributed by atoms with van der Waals surface area (Å²) in [4.78, 5) is 50.1. The van der Waals surface area contributed by atoms with Crippen LogP contribution in [0.5, 0.6) is 0 Å². The van der Waals surface area contributed by atoms with E-state index in [-0.39, 0.29) is 36.1 Å². The fraction of sp³-hybridized carbons (Fsp3) is 0.310. The van der Waals surface area contributed by atoms with Gasteiger partial charge >= 0.3 is 0 Å². The minimum absolute atomic E-state index is 0.0830. The van der Waals surface area contributed by atoms with E-state index < -0.39 is 28.7 Å². The Morgan fingerprint density at radius 2 is 1.54 bits per heavy atom. The molecule has 3 saturated heterocycles. The minimum atomic E-state index is -0.873. The van der Waals surface area contributed by atoms with Gasteiger partial charge in [-0.1, -0.05) is 103 Å². The zero-order valence-corrected chi connectivity index (χ0v) is 29.0. The molecule has 1 spiro atoms. The van der Waals surface area contributed by atoms with Gasteiger partial charge in [-0.2, -0.15) is 0 Å². The van der Waals surface area contributed by atoms with Crippen LogP contribution in [-0.2, 0) is 27.3 Å². The molecule has 50 heavy (non-hydrogen) atoms. The highest BCUT2D eigenvalue weighted by atomic mass is 32.2. The standard InChI is InChI=1S/C42H43N3O4S/c1-3-23-43(27-30-15-9-6-10-16-30)39(47)36-35-21-22-42(50-35)37(36)40(48)45(34(28-46)25-29-13-7-5-8-14-29)38(42)41(49)44(24-4-2)33-20-19-31-17-11-12-18-32(31)26-33/h3-20,26,34-38,46H,1-2,21-25,27-28H2/t34-,35+,36-,37+,38?,42?/m1/s1. The molecule has 6 atom stereocenters. The molecule has 3 amide bonds. The van der Waals surface area contributed by atoms with E-state index in [0.717, 1.165) is 34.0 Å². The molecule has 3 aliphatic heterocycles. The molecule has 4 aromatic carbocycles. The highest BCUT2D eigenvalue weighted by Crippen LogP contribution is 2.67. The van der Waals surface area contributed by atoms with Crippen LogP contribution in [0.2, 0.25) is 0 Å². The summed E-state index contributed by atoms with van der Waals surface area (Å²) in [6.07, 6.45) is 5.19. The smallest absolute Gasteiger partial charge is 0.251 e. The lowest BCUT2D eigenvalue weighted by atomic mass is 9.70. The van der Waals surface area contributed by atoms with Gasteiger partial charge in [0.2, 0.25) is 11.8 Å². The summed E-state index contributed by atoms with van der Waals surface area (Å²) in [7, 11) is 0. The van der Waals surface area contributed by atoms with E-state index in [2.05, 4.69) is 13.2 Å². The van der Waals surface area contributed by atoms with Gasteiger partial charge in [0, 0.05) is 30.6 Å². The van der Waals surface area contributed by atoms with E-state index in [1.807, 2.05) is 103 Å². The molecule has 8 heteroatoms. The van der Waals surface area contributed by atoms with Crippen LogP contribution in [-0.4, -0.2) is 74.4 Å². The molecule has 4 aromatic rings. The molecular weight excluding hydrogens is 643 g/mol. The lowest BCUT2D eigenvalue weighted by molar-refractivity contribution is -0.145. The van der Waals surface area contributed by atoms with Gasteiger partial charge in [-0.05, 0) is 53.3 Å². The molecule has 256 valence electrons. The third kappa shape index (κ3) is 5.94. The number of aliphatic hydroxyl groups excluding tert-OH is 1. The number of carbonyl (C=O) groups is 3. The minimum Gasteiger partial charge on any atom is -0.394 e. The molecule has 3 fully saturated rings. The van der Waals surface area contributed by atoms with Crippen molar-refractivity contribution in [3.63, 3.8) is 0 Å². The van der Waals surface area contributed by atoms with Crippen molar-refractivity contribution < 1.29 is 19.5 Å². The Morgan fingerprint density at radius 3 is 2.22 bits per heavy atom. The molecule has 0 aliphatic carbocycles. The van der Waals surface area contributed by atoms with E-state index >= 15 is 9.59 Å². The summed E-state index contributed by atoms with van der Waals surface area (Å²) in [6.45, 7) is 8.60. The predicted molar refractivity (Wildman–Crippen MR) is 201 cm³/mol. The van der Waals surface area contributed by atoms with Gasteiger partial charge in [0.05, 0.1) is 29.2 Å². The number of anilines is 1. The van der Waals surface area contributed by atoms with Crippen LogP contribution in [0.25, 0.3) is 10.8 Å². The number of likely N-dealkylation sites (tertiary alicyclic amines) is 1. The first-order valence-electron chi connectivity index (χ1n) is 17.4. The van der Waals surface area contributed by atoms with E-state index in [1.54, 1.807) is 38.6 Å². The average molecular weight is 686 g/mol. The zero-order valence-electron chi connectivity index (χ0n) is 28.1. The number of nitrogens with zero attached hydrogens (tertiary/aromatic N) is 3. The summed E-state index contributed by atoms with van der Waals surface area (Å²) >= 11 is 1.65. The molecule has 0 aromatic heterocycles. The second kappa shape index (κ2) is 14.3. The van der Waals surface area contributed by atoms with Crippen LogP contribution >= 0.6 is 11.8 Å². The van der Waals surface area contributed by atoms with Gasteiger partial charge in [0.25, 0.3) is 5.91 Å². The maximum Gasteiger partial charge on any atom is 0.251 e. The topological polar surface area (TPSA) is 81.2 Å². The van der Waals surface area contributed by atoms with Crippen molar-refractivity contribution in [1.29, 1.82) is 0 Å². The second-order valence-corrected chi connectivity index (χ2v) is 15.2. The number of amides is 3.